The van der Waals surface area contributed by atoms with E-state index in [0.717, 1.165) is 5.69 Å². The van der Waals surface area contributed by atoms with Crippen molar-refractivity contribution in [1.29, 1.82) is 0 Å². The number of benzene rings is 1. The predicted octanol–water partition coefficient (Wildman–Crippen LogP) is 2.61. The predicted molar refractivity (Wildman–Crippen MR) is 82.2 cm³/mol. The Kier molecular flexibility index (Phi) is 3.89. The Labute approximate surface area is 129 Å². The van der Waals surface area contributed by atoms with E-state index < -0.39 is 0 Å². The van der Waals surface area contributed by atoms with Crippen LogP contribution in [0.5, 0.6) is 0 Å². The van der Waals surface area contributed by atoms with E-state index in [-0.39, 0.29) is 30.2 Å². The zero-order valence-electron chi connectivity index (χ0n) is 12.0. The number of anilines is 1. The molecule has 1 saturated heterocycles. The summed E-state index contributed by atoms with van der Waals surface area (Å²) < 4.78 is 0. The molecule has 1 saturated carbocycles. The van der Waals surface area contributed by atoms with Crippen molar-refractivity contribution in [2.75, 3.05) is 11.4 Å². The summed E-state index contributed by atoms with van der Waals surface area (Å²) in [5.74, 6) is 0.364. The number of carbonyl (C=O) groups excluding carboxylic acids is 2. The van der Waals surface area contributed by atoms with Crippen molar-refractivity contribution in [3.05, 3.63) is 29.3 Å². The lowest BCUT2D eigenvalue weighted by Crippen LogP contribution is -2.39. The van der Waals surface area contributed by atoms with E-state index >= 15 is 0 Å². The molecule has 112 valence electrons. The SMILES string of the molecule is C[C@H](NC(=O)[C@@H]1CC(=O)N(c2ccc(Cl)cc2)C1)C1CC1. The Bertz CT molecular complexity index is 554. The van der Waals surface area contributed by atoms with Gasteiger partial charge in [-0.2, -0.15) is 0 Å². The van der Waals surface area contributed by atoms with E-state index in [2.05, 4.69) is 5.32 Å². The molecule has 1 aliphatic heterocycles. The summed E-state index contributed by atoms with van der Waals surface area (Å²) in [6.07, 6.45) is 2.68. The molecule has 0 bridgehead atoms. The molecule has 0 spiro atoms. The zero-order chi connectivity index (χ0) is 15.0. The van der Waals surface area contributed by atoms with Crippen molar-refractivity contribution in [1.82, 2.24) is 5.32 Å². The topological polar surface area (TPSA) is 49.4 Å². The Balaban J connectivity index is 1.63. The largest absolute Gasteiger partial charge is 0.353 e. The van der Waals surface area contributed by atoms with Crippen molar-refractivity contribution in [2.24, 2.45) is 11.8 Å². The smallest absolute Gasteiger partial charge is 0.227 e. The maximum absolute atomic E-state index is 12.3. The second-order valence-corrected chi connectivity index (χ2v) is 6.45. The second kappa shape index (κ2) is 5.68. The van der Waals surface area contributed by atoms with E-state index in [9.17, 15) is 9.59 Å². The van der Waals surface area contributed by atoms with Crippen LogP contribution in [-0.2, 0) is 9.59 Å². The fourth-order valence-corrected chi connectivity index (χ4v) is 2.94. The number of halogens is 1. The van der Waals surface area contributed by atoms with Crippen LogP contribution in [0.25, 0.3) is 0 Å². The van der Waals surface area contributed by atoms with E-state index in [1.165, 1.54) is 12.8 Å². The van der Waals surface area contributed by atoms with Crippen molar-refractivity contribution >= 4 is 29.1 Å². The molecule has 0 radical (unpaired) electrons. The highest BCUT2D eigenvalue weighted by atomic mass is 35.5. The van der Waals surface area contributed by atoms with Gasteiger partial charge in [0.2, 0.25) is 11.8 Å². The Morgan fingerprint density at radius 2 is 2.00 bits per heavy atom. The van der Waals surface area contributed by atoms with Gasteiger partial charge >= 0.3 is 0 Å². The van der Waals surface area contributed by atoms with Crippen LogP contribution in [0.1, 0.15) is 26.2 Å². The minimum absolute atomic E-state index is 0.000728. The summed E-state index contributed by atoms with van der Waals surface area (Å²) >= 11 is 5.86. The Hall–Kier alpha value is -1.55. The lowest BCUT2D eigenvalue weighted by atomic mass is 10.1. The van der Waals surface area contributed by atoms with Crippen molar-refractivity contribution < 1.29 is 9.59 Å². The van der Waals surface area contributed by atoms with Gasteiger partial charge in [-0.25, -0.2) is 0 Å². The fraction of sp³-hybridized carbons (Fsp3) is 0.500. The molecule has 1 aromatic carbocycles. The van der Waals surface area contributed by atoms with Gasteiger partial charge in [0, 0.05) is 29.7 Å². The van der Waals surface area contributed by atoms with Crippen molar-refractivity contribution in [2.45, 2.75) is 32.2 Å². The summed E-state index contributed by atoms with van der Waals surface area (Å²) in [6, 6.07) is 7.36. The number of rotatable bonds is 4. The van der Waals surface area contributed by atoms with Crippen molar-refractivity contribution in [3.63, 3.8) is 0 Å². The van der Waals surface area contributed by atoms with Crippen LogP contribution in [0.15, 0.2) is 24.3 Å². The van der Waals surface area contributed by atoms with Gasteiger partial charge in [0.25, 0.3) is 0 Å². The van der Waals surface area contributed by atoms with Crippen LogP contribution in [0.2, 0.25) is 5.02 Å². The first-order valence-corrected chi connectivity index (χ1v) is 7.78. The zero-order valence-corrected chi connectivity index (χ0v) is 12.8. The molecule has 5 heteroatoms. The van der Waals surface area contributed by atoms with Crippen LogP contribution in [-0.4, -0.2) is 24.4 Å². The van der Waals surface area contributed by atoms with Crippen molar-refractivity contribution in [3.8, 4) is 0 Å². The Morgan fingerprint density at radius 1 is 1.33 bits per heavy atom. The van der Waals surface area contributed by atoms with E-state index in [1.807, 2.05) is 19.1 Å². The fourth-order valence-electron chi connectivity index (χ4n) is 2.81. The molecule has 1 N–H and O–H groups in total. The van der Waals surface area contributed by atoms with Gasteiger partial charge in [0.15, 0.2) is 0 Å². The van der Waals surface area contributed by atoms with E-state index in [1.54, 1.807) is 17.0 Å². The van der Waals surface area contributed by atoms with Crippen LogP contribution >= 0.6 is 11.6 Å². The molecule has 1 aromatic rings. The summed E-state index contributed by atoms with van der Waals surface area (Å²) in [5.41, 5.74) is 0.801. The van der Waals surface area contributed by atoms with Gasteiger partial charge in [-0.3, -0.25) is 9.59 Å². The molecule has 4 nitrogen and oxygen atoms in total. The first kappa shape index (κ1) is 14.4. The number of hydrogen-bond acceptors (Lipinski definition) is 2. The molecule has 21 heavy (non-hydrogen) atoms. The molecular formula is C16H19ClN2O2. The highest BCUT2D eigenvalue weighted by molar-refractivity contribution is 6.30. The molecular weight excluding hydrogens is 288 g/mol. The number of nitrogens with zero attached hydrogens (tertiary/aromatic N) is 1. The highest BCUT2D eigenvalue weighted by Crippen LogP contribution is 2.33. The summed E-state index contributed by atoms with van der Waals surface area (Å²) in [7, 11) is 0. The first-order valence-electron chi connectivity index (χ1n) is 7.41. The van der Waals surface area contributed by atoms with Crippen LogP contribution in [0.4, 0.5) is 5.69 Å². The van der Waals surface area contributed by atoms with Gasteiger partial charge in [0.1, 0.15) is 0 Å². The molecule has 1 heterocycles. The molecule has 1 aliphatic carbocycles. The molecule has 2 amide bonds. The van der Waals surface area contributed by atoms with Gasteiger partial charge < -0.3 is 10.2 Å². The lowest BCUT2D eigenvalue weighted by molar-refractivity contribution is -0.126. The van der Waals surface area contributed by atoms with Gasteiger partial charge in [-0.15, -0.1) is 0 Å². The number of nitrogens with one attached hydrogen (secondary N) is 1. The van der Waals surface area contributed by atoms with Crippen LogP contribution in [0.3, 0.4) is 0 Å². The number of hydrogen-bond donors (Lipinski definition) is 1. The molecule has 0 aromatic heterocycles. The average Bonchev–Trinajstić information content (AvgIpc) is 3.23. The minimum Gasteiger partial charge on any atom is -0.353 e. The number of amides is 2. The molecule has 2 aliphatic rings. The van der Waals surface area contributed by atoms with Gasteiger partial charge in [0.05, 0.1) is 5.92 Å². The monoisotopic (exact) mass is 306 g/mol. The maximum atomic E-state index is 12.3. The molecule has 3 rings (SSSR count). The minimum atomic E-state index is -0.255. The quantitative estimate of drug-likeness (QED) is 0.929. The standard InChI is InChI=1S/C16H19ClN2O2/c1-10(11-2-3-11)18-16(21)12-8-15(20)19(9-12)14-6-4-13(17)5-7-14/h4-7,10-12H,2-3,8-9H2,1H3,(H,18,21)/t10-,12+/m0/s1. The third-order valence-corrected chi connectivity index (χ3v) is 4.59. The maximum Gasteiger partial charge on any atom is 0.227 e. The van der Waals surface area contributed by atoms with Crippen LogP contribution < -0.4 is 10.2 Å². The second-order valence-electron chi connectivity index (χ2n) is 6.02. The van der Waals surface area contributed by atoms with Gasteiger partial charge in [-0.1, -0.05) is 11.6 Å². The summed E-state index contributed by atoms with van der Waals surface area (Å²) in [4.78, 5) is 26.0. The molecule has 2 fully saturated rings. The highest BCUT2D eigenvalue weighted by Gasteiger charge is 2.37. The van der Waals surface area contributed by atoms with E-state index in [4.69, 9.17) is 11.6 Å². The van der Waals surface area contributed by atoms with Gasteiger partial charge in [-0.05, 0) is 49.9 Å². The first-order chi connectivity index (χ1) is 10.0. The summed E-state index contributed by atoms with van der Waals surface area (Å²) in [6.45, 7) is 2.49. The van der Waals surface area contributed by atoms with E-state index in [0.29, 0.717) is 17.5 Å². The molecule has 0 unspecified atom stereocenters. The van der Waals surface area contributed by atoms with Crippen LogP contribution in [0, 0.1) is 11.8 Å². The lowest BCUT2D eigenvalue weighted by Gasteiger charge is -2.18. The average molecular weight is 307 g/mol. The Morgan fingerprint density at radius 3 is 2.62 bits per heavy atom. The molecule has 2 atom stereocenters. The number of carbonyl (C=O) groups is 2. The third-order valence-electron chi connectivity index (χ3n) is 4.33. The normalized spacial score (nSPS) is 23.2. The summed E-state index contributed by atoms with van der Waals surface area (Å²) in [5, 5.41) is 3.68. The third kappa shape index (κ3) is 3.21.